The van der Waals surface area contributed by atoms with E-state index in [0.717, 1.165) is 43.7 Å². The van der Waals surface area contributed by atoms with Crippen LogP contribution in [0.25, 0.3) is 0 Å². The summed E-state index contributed by atoms with van der Waals surface area (Å²) in [6, 6.07) is 0. The van der Waals surface area contributed by atoms with E-state index in [2.05, 4.69) is 35.1 Å². The minimum absolute atomic E-state index is 0.0645. The summed E-state index contributed by atoms with van der Waals surface area (Å²) in [6.07, 6.45) is 72.1. The molecule has 3 atom stereocenters. The molecule has 0 saturated carbocycles. The van der Waals surface area contributed by atoms with Crippen molar-refractivity contribution < 1.29 is 14.3 Å². The average molecular weight is 1290 g/mol. The molecular formula is C64H128BrNO3P2S6+2. The molecule has 13 heteroatoms. The van der Waals surface area contributed by atoms with Crippen molar-refractivity contribution in [1.29, 1.82) is 0 Å². The Morgan fingerprint density at radius 3 is 0.831 bits per heavy atom. The summed E-state index contributed by atoms with van der Waals surface area (Å²) in [5, 5.41) is 1.95. The number of carbonyl (C=O) groups is 1. The summed E-state index contributed by atoms with van der Waals surface area (Å²) in [5.74, 6) is 3.71. The molecule has 0 radical (unpaired) electrons. The summed E-state index contributed by atoms with van der Waals surface area (Å²) in [5.41, 5.74) is 0. The third kappa shape index (κ3) is 69.0. The predicted molar refractivity (Wildman–Crippen MR) is 372 cm³/mol. The Morgan fingerprint density at radius 2 is 0.571 bits per heavy atom. The van der Waals surface area contributed by atoms with Crippen LogP contribution in [-0.4, -0.2) is 60.3 Å². The number of ether oxygens (including phenoxy) is 2. The number of rotatable bonds is 69. The zero-order chi connectivity index (χ0) is 55.7. The van der Waals surface area contributed by atoms with Gasteiger partial charge in [-0.25, -0.2) is 0 Å². The summed E-state index contributed by atoms with van der Waals surface area (Å²) < 4.78 is 11.8. The topological polar surface area (TPSA) is 47.6 Å². The van der Waals surface area contributed by atoms with E-state index < -0.39 is 10.2 Å². The molecule has 0 aliphatic carbocycles. The molecule has 0 aromatic rings. The maximum absolute atomic E-state index is 12.7. The third-order valence-corrected chi connectivity index (χ3v) is 30.8. The first-order valence-corrected chi connectivity index (χ1v) is 45.5. The maximum Gasteiger partial charge on any atom is 0.318 e. The van der Waals surface area contributed by atoms with Crippen LogP contribution in [0.3, 0.4) is 0 Å². The summed E-state index contributed by atoms with van der Waals surface area (Å²) in [7, 11) is 0. The van der Waals surface area contributed by atoms with Crippen molar-refractivity contribution in [2.75, 3.05) is 49.6 Å². The number of amides is 1. The molecule has 77 heavy (non-hydrogen) atoms. The van der Waals surface area contributed by atoms with Crippen LogP contribution in [-0.2, 0) is 37.9 Å². The Labute approximate surface area is 518 Å². The molecule has 458 valence electrons. The van der Waals surface area contributed by atoms with E-state index in [1.54, 1.807) is 22.8 Å². The van der Waals surface area contributed by atoms with E-state index >= 15 is 0 Å². The van der Waals surface area contributed by atoms with Gasteiger partial charge in [-0.3, -0.25) is 4.79 Å². The second-order valence-electron chi connectivity index (χ2n) is 22.6. The van der Waals surface area contributed by atoms with Gasteiger partial charge < -0.3 is 14.8 Å². The first-order chi connectivity index (χ1) is 38.0. The maximum atomic E-state index is 12.7. The quantitative estimate of drug-likeness (QED) is 0.0278. The number of unbranched alkanes of at least 4 members (excludes halogenated alkanes) is 48. The fraction of sp³-hybridized carbons (Fsp3) is 0.984. The fourth-order valence-corrected chi connectivity index (χ4v) is 22.5. The molecule has 0 aromatic carbocycles. The predicted octanol–water partition coefficient (Wildman–Crippen LogP) is 25.7. The molecule has 0 bridgehead atoms. The molecular weight excluding hydrogens is 1160 g/mol. The number of alkyl halides is 1. The van der Waals surface area contributed by atoms with E-state index in [1.165, 1.54) is 334 Å². The molecule has 0 heterocycles. The molecule has 0 aliphatic heterocycles. The highest BCUT2D eigenvalue weighted by molar-refractivity contribution is 9.10. The van der Waals surface area contributed by atoms with Crippen molar-refractivity contribution in [3.05, 3.63) is 0 Å². The van der Waals surface area contributed by atoms with Gasteiger partial charge in [0, 0.05) is 37.9 Å². The van der Waals surface area contributed by atoms with Gasteiger partial charge in [0.05, 0.1) is 5.75 Å². The van der Waals surface area contributed by atoms with Crippen LogP contribution in [0.4, 0.5) is 0 Å². The van der Waals surface area contributed by atoms with Gasteiger partial charge in [-0.05, 0) is 38.5 Å². The average Bonchev–Trinajstić information content (AvgIpc) is 3.43. The Balaban J connectivity index is 3.35. The number of hydrogen-bond donors (Lipinski definition) is 1. The molecule has 1 N–H and O–H groups in total. The zero-order valence-corrected chi connectivity index (χ0v) is 59.2. The van der Waals surface area contributed by atoms with Gasteiger partial charge in [0.25, 0.3) is 0 Å². The molecule has 0 rings (SSSR count). The number of halogens is 1. The summed E-state index contributed by atoms with van der Waals surface area (Å²) >= 11 is 22.5. The summed E-state index contributed by atoms with van der Waals surface area (Å²) in [4.78, 5) is 12.5. The molecule has 0 aromatic heterocycles. The van der Waals surface area contributed by atoms with Gasteiger partial charge in [0.15, 0.2) is 23.6 Å². The molecule has 4 nitrogen and oxygen atoms in total. The van der Waals surface area contributed by atoms with Crippen molar-refractivity contribution >= 4 is 101 Å². The molecule has 3 unspecified atom stereocenters. The van der Waals surface area contributed by atoms with Crippen LogP contribution in [0.5, 0.6) is 0 Å². The minimum atomic E-state index is -0.570. The lowest BCUT2D eigenvalue weighted by Gasteiger charge is -2.06. The van der Waals surface area contributed by atoms with Crippen LogP contribution < -0.4 is 5.32 Å². The highest BCUT2D eigenvalue weighted by Gasteiger charge is 2.23. The van der Waals surface area contributed by atoms with Gasteiger partial charge in [0.2, 0.25) is 5.91 Å². The van der Waals surface area contributed by atoms with Gasteiger partial charge in [0.1, 0.15) is 56.2 Å². The lowest BCUT2D eigenvalue weighted by molar-refractivity contribution is -0.119. The van der Waals surface area contributed by atoms with Crippen LogP contribution in [0.1, 0.15) is 348 Å². The van der Waals surface area contributed by atoms with Crippen molar-refractivity contribution in [2.45, 2.75) is 353 Å². The standard InChI is InChI=1S/C64H127BrNO3P2S6/c1-3-5-7-9-11-13-15-19-25-31-37-43-49-55-68-57-51-45-39-33-27-21-17-23-29-35-41-47-53-59-74-70(72)76-61-63(65)64(67)66-62-77-71(73)75-60-54-48-42-36-30-24-18-22-28-34-40-46-52-58-69-56-50-44-38-32-26-20-16-14-12-10-8-6-4-2/h63H,3-62H2,1-2H3/q+1/p+1. The SMILES string of the molecule is CCCCCCCCCCCCCCCOCCCCCCCCCCCCCCCS[P+](=S)SCNC(=O)C(Br)CS[P+](=S)SCCCCCCCCCCCCCCCOCCCCCCCCCCCCCCC. The normalized spacial score (nSPS) is 12.5. The highest BCUT2D eigenvalue weighted by Crippen LogP contribution is 2.52. The molecule has 0 aliphatic rings. The van der Waals surface area contributed by atoms with Gasteiger partial charge >= 0.3 is 10.2 Å². The second-order valence-corrected chi connectivity index (χ2v) is 40.9. The molecule has 0 saturated heterocycles. The van der Waals surface area contributed by atoms with Crippen molar-refractivity contribution in [2.24, 2.45) is 0 Å². The fourth-order valence-electron chi connectivity index (χ4n) is 9.97. The molecule has 1 amide bonds. The van der Waals surface area contributed by atoms with Crippen molar-refractivity contribution in [1.82, 2.24) is 5.32 Å². The van der Waals surface area contributed by atoms with E-state index in [9.17, 15) is 4.79 Å². The van der Waals surface area contributed by atoms with Crippen LogP contribution in [0.2, 0.25) is 0 Å². The van der Waals surface area contributed by atoms with Crippen molar-refractivity contribution in [3.63, 3.8) is 0 Å². The van der Waals surface area contributed by atoms with Crippen LogP contribution >= 0.6 is 71.7 Å². The number of carbonyl (C=O) groups excluding carboxylic acids is 1. The summed E-state index contributed by atoms with van der Waals surface area (Å²) in [6.45, 7) is 8.49. The first kappa shape index (κ1) is 79.3. The second kappa shape index (κ2) is 70.8. The van der Waals surface area contributed by atoms with Gasteiger partial charge in [-0.2, -0.15) is 0 Å². The Kier molecular flexibility index (Phi) is 72.9. The van der Waals surface area contributed by atoms with Crippen LogP contribution in [0.15, 0.2) is 0 Å². The first-order valence-electron chi connectivity index (χ1n) is 33.5. The number of hydrogen-bond acceptors (Lipinski definition) is 9. The lowest BCUT2D eigenvalue weighted by atomic mass is 10.0. The third-order valence-electron chi connectivity index (χ3n) is 15.1. The van der Waals surface area contributed by atoms with E-state index in [-0.39, 0.29) is 10.7 Å². The van der Waals surface area contributed by atoms with Gasteiger partial charge in [-0.15, -0.1) is 0 Å². The monoisotopic (exact) mass is 1290 g/mol. The Morgan fingerprint density at radius 1 is 0.351 bits per heavy atom. The Bertz CT molecular complexity index is 1200. The largest absolute Gasteiger partial charge is 0.381 e. The van der Waals surface area contributed by atoms with E-state index in [0.29, 0.717) is 5.88 Å². The van der Waals surface area contributed by atoms with Gasteiger partial charge in [-0.1, -0.05) is 325 Å². The minimum Gasteiger partial charge on any atom is -0.381 e. The smallest absolute Gasteiger partial charge is 0.318 e. The van der Waals surface area contributed by atoms with E-state index in [1.807, 2.05) is 22.8 Å². The highest BCUT2D eigenvalue weighted by atomic mass is 79.9. The van der Waals surface area contributed by atoms with Crippen molar-refractivity contribution in [3.8, 4) is 0 Å². The van der Waals surface area contributed by atoms with E-state index in [4.69, 9.17) is 33.1 Å². The number of nitrogens with one attached hydrogen (secondary N) is 1. The zero-order valence-electron chi connectivity index (χ0n) is 51.0. The molecule has 0 spiro atoms. The van der Waals surface area contributed by atoms with Crippen LogP contribution in [0, 0.1) is 0 Å². The molecule has 0 fully saturated rings. The Hall–Kier alpha value is 2.31. The lowest BCUT2D eigenvalue weighted by Crippen LogP contribution is -2.31.